The van der Waals surface area contributed by atoms with Gasteiger partial charge >= 0.3 is 0 Å². The van der Waals surface area contributed by atoms with Gasteiger partial charge in [-0.25, -0.2) is 13.6 Å². The summed E-state index contributed by atoms with van der Waals surface area (Å²) < 4.78 is 24.4. The fraction of sp³-hybridized carbons (Fsp3) is 0.0455. The maximum atomic E-state index is 13.2. The molecule has 1 amide bonds. The average Bonchev–Trinajstić information content (AvgIpc) is 3.03. The highest BCUT2D eigenvalue weighted by Gasteiger charge is 2.34. The van der Waals surface area contributed by atoms with E-state index in [1.807, 2.05) is 42.5 Å². The van der Waals surface area contributed by atoms with E-state index >= 15 is 0 Å². The van der Waals surface area contributed by atoms with Crippen molar-refractivity contribution in [1.29, 1.82) is 0 Å². The largest absolute Gasteiger partial charge is 0.330 e. The third-order valence-electron chi connectivity index (χ3n) is 4.85. The Labute approximate surface area is 204 Å². The van der Waals surface area contributed by atoms with E-state index in [4.69, 9.17) is 17.4 Å². The molecule has 8 nitrogen and oxygen atoms in total. The number of nitrogens with two attached hydrogens (primary N) is 1. The molecule has 0 radical (unpaired) electrons. The molecule has 168 valence electrons. The van der Waals surface area contributed by atoms with E-state index in [1.165, 1.54) is 12.1 Å². The molecule has 1 aliphatic heterocycles. The van der Waals surface area contributed by atoms with Gasteiger partial charge in [0.05, 0.1) is 17.9 Å². The summed E-state index contributed by atoms with van der Waals surface area (Å²) in [4.78, 5) is 14.7. The molecule has 33 heavy (non-hydrogen) atoms. The molecule has 1 heterocycles. The van der Waals surface area contributed by atoms with Crippen molar-refractivity contribution in [2.75, 3.05) is 10.2 Å². The van der Waals surface area contributed by atoms with E-state index in [0.717, 1.165) is 15.7 Å². The number of amides is 1. The number of carbonyl (C=O) groups excluding carboxylic acids is 1. The lowest BCUT2D eigenvalue weighted by Crippen LogP contribution is -2.32. The van der Waals surface area contributed by atoms with Gasteiger partial charge in [-0.15, -0.1) is 0 Å². The van der Waals surface area contributed by atoms with E-state index < -0.39 is 10.0 Å². The van der Waals surface area contributed by atoms with Crippen LogP contribution in [0.3, 0.4) is 0 Å². The molecule has 0 fully saturated rings. The molecule has 3 aromatic carbocycles. The van der Waals surface area contributed by atoms with Crippen LogP contribution in [-0.4, -0.2) is 25.1 Å². The molecule has 0 saturated carbocycles. The first-order valence-corrected chi connectivity index (χ1v) is 12.4. The second-order valence-electron chi connectivity index (χ2n) is 7.11. The standard InChI is InChI=1S/C22H18BrN5O3S2/c23-15-10-11-16-18(12-15)28(13-14-6-2-1-3-7-14)21(29)20(16)26-27-22(32)25-17-8-4-5-9-19(17)33(24,30)31/h1-12H,13H2,(H2,24,30,31)(H2,25,27,32). The Morgan fingerprint density at radius 1 is 1.06 bits per heavy atom. The fourth-order valence-electron chi connectivity index (χ4n) is 3.39. The van der Waals surface area contributed by atoms with Gasteiger partial charge in [0.25, 0.3) is 5.91 Å². The first-order chi connectivity index (χ1) is 15.7. The summed E-state index contributed by atoms with van der Waals surface area (Å²) in [5, 5.41) is 12.3. The smallest absolute Gasteiger partial charge is 0.279 e. The van der Waals surface area contributed by atoms with Gasteiger partial charge < -0.3 is 10.2 Å². The predicted molar refractivity (Wildman–Crippen MR) is 135 cm³/mol. The first-order valence-electron chi connectivity index (χ1n) is 9.66. The zero-order chi connectivity index (χ0) is 23.6. The van der Waals surface area contributed by atoms with Crippen molar-refractivity contribution in [3.05, 3.63) is 88.4 Å². The summed E-state index contributed by atoms with van der Waals surface area (Å²) >= 11 is 8.70. The maximum Gasteiger partial charge on any atom is 0.279 e. The van der Waals surface area contributed by atoms with E-state index in [1.54, 1.807) is 23.1 Å². The minimum atomic E-state index is -3.95. The van der Waals surface area contributed by atoms with Crippen molar-refractivity contribution in [3.63, 3.8) is 0 Å². The maximum absolute atomic E-state index is 13.2. The fourth-order valence-corrected chi connectivity index (χ4v) is 4.59. The van der Waals surface area contributed by atoms with Crippen molar-refractivity contribution >= 4 is 66.3 Å². The number of primary sulfonamides is 1. The van der Waals surface area contributed by atoms with Gasteiger partial charge in [0.15, 0.2) is 10.8 Å². The van der Waals surface area contributed by atoms with Crippen LogP contribution in [0.4, 0.5) is 11.4 Å². The summed E-state index contributed by atoms with van der Waals surface area (Å²) in [6.45, 7) is 0.382. The lowest BCUT2D eigenvalue weighted by molar-refractivity contribution is -0.112. The summed E-state index contributed by atoms with van der Waals surface area (Å²) in [6.07, 6.45) is 0. The molecule has 0 saturated heterocycles. The predicted octanol–water partition coefficient (Wildman–Crippen LogP) is 3.33. The Morgan fingerprint density at radius 2 is 1.76 bits per heavy atom. The van der Waals surface area contributed by atoms with Crippen LogP contribution in [0.5, 0.6) is 0 Å². The van der Waals surface area contributed by atoms with Crippen LogP contribution in [0.2, 0.25) is 0 Å². The highest BCUT2D eigenvalue weighted by molar-refractivity contribution is 9.10. The first kappa shape index (κ1) is 23.1. The minimum Gasteiger partial charge on any atom is -0.330 e. The Kier molecular flexibility index (Phi) is 6.56. The Hall–Kier alpha value is -3.12. The quantitative estimate of drug-likeness (QED) is 0.335. The summed E-state index contributed by atoms with van der Waals surface area (Å²) in [5.41, 5.74) is 5.37. The number of nitrogens with one attached hydrogen (secondary N) is 2. The zero-order valence-corrected chi connectivity index (χ0v) is 20.2. The Morgan fingerprint density at radius 3 is 2.48 bits per heavy atom. The van der Waals surface area contributed by atoms with Gasteiger partial charge in [-0.2, -0.15) is 5.10 Å². The van der Waals surface area contributed by atoms with Crippen LogP contribution in [0.25, 0.3) is 0 Å². The third kappa shape index (κ3) is 5.11. The summed E-state index contributed by atoms with van der Waals surface area (Å²) in [6, 6.07) is 21.2. The van der Waals surface area contributed by atoms with E-state index in [-0.39, 0.29) is 27.3 Å². The average molecular weight is 544 g/mol. The monoisotopic (exact) mass is 543 g/mol. The highest BCUT2D eigenvalue weighted by atomic mass is 79.9. The topological polar surface area (TPSA) is 117 Å². The summed E-state index contributed by atoms with van der Waals surface area (Å²) in [7, 11) is -3.95. The van der Waals surface area contributed by atoms with E-state index in [2.05, 4.69) is 31.8 Å². The molecule has 3 aromatic rings. The van der Waals surface area contributed by atoms with E-state index in [9.17, 15) is 13.2 Å². The van der Waals surface area contributed by atoms with Crippen LogP contribution in [0, 0.1) is 0 Å². The van der Waals surface area contributed by atoms with Crippen LogP contribution in [0.15, 0.2) is 87.3 Å². The number of hydrogen-bond acceptors (Lipinski definition) is 5. The van der Waals surface area contributed by atoms with Crippen molar-refractivity contribution < 1.29 is 13.2 Å². The van der Waals surface area contributed by atoms with Gasteiger partial charge in [0.2, 0.25) is 10.0 Å². The Balaban J connectivity index is 1.58. The molecule has 0 unspecified atom stereocenters. The van der Waals surface area contributed by atoms with Crippen LogP contribution < -0.4 is 20.8 Å². The number of hydrazone groups is 1. The lowest BCUT2D eigenvalue weighted by atomic mass is 10.1. The number of fused-ring (bicyclic) bond motifs is 1. The van der Waals surface area contributed by atoms with E-state index in [0.29, 0.717) is 12.1 Å². The SMILES string of the molecule is NS(=O)(=O)c1ccccc1NC(=S)NN=C1C(=O)N(Cc2ccccc2)c2cc(Br)ccc21. The van der Waals surface area contributed by atoms with Crippen LogP contribution in [0.1, 0.15) is 11.1 Å². The van der Waals surface area contributed by atoms with Gasteiger partial charge in [0, 0.05) is 10.0 Å². The molecule has 4 rings (SSSR count). The lowest BCUT2D eigenvalue weighted by Gasteiger charge is -2.17. The van der Waals surface area contributed by atoms with Gasteiger partial charge in [-0.1, -0.05) is 58.4 Å². The molecule has 4 N–H and O–H groups in total. The van der Waals surface area contributed by atoms with Crippen molar-refractivity contribution in [2.45, 2.75) is 11.4 Å². The van der Waals surface area contributed by atoms with Crippen molar-refractivity contribution in [3.8, 4) is 0 Å². The third-order valence-corrected chi connectivity index (χ3v) is 6.50. The van der Waals surface area contributed by atoms with Crippen LogP contribution in [-0.2, 0) is 21.4 Å². The molecule has 0 atom stereocenters. The molecule has 0 bridgehead atoms. The number of hydrogen-bond donors (Lipinski definition) is 3. The normalized spacial score (nSPS) is 14.3. The molecule has 11 heteroatoms. The second-order valence-corrected chi connectivity index (χ2v) is 9.96. The Bertz CT molecular complexity index is 1380. The minimum absolute atomic E-state index is 0.00608. The van der Waals surface area contributed by atoms with Gasteiger partial charge in [-0.3, -0.25) is 10.2 Å². The van der Waals surface area contributed by atoms with Gasteiger partial charge in [0.1, 0.15) is 4.90 Å². The number of rotatable bonds is 5. The van der Waals surface area contributed by atoms with Crippen LogP contribution >= 0.6 is 28.1 Å². The number of halogens is 1. The molecule has 0 aromatic heterocycles. The van der Waals surface area contributed by atoms with Gasteiger partial charge in [-0.05, 0) is 48.1 Å². The number of benzene rings is 3. The summed E-state index contributed by atoms with van der Waals surface area (Å²) in [5.74, 6) is -0.285. The zero-order valence-electron chi connectivity index (χ0n) is 17.0. The molecular formula is C22H18BrN5O3S2. The number of para-hydroxylation sites is 1. The molecule has 1 aliphatic rings. The van der Waals surface area contributed by atoms with Crippen molar-refractivity contribution in [1.82, 2.24) is 5.43 Å². The molecule has 0 spiro atoms. The number of carbonyl (C=O) groups is 1. The number of sulfonamides is 1. The second kappa shape index (κ2) is 9.40. The number of thiocarbonyl (C=S) groups is 1. The molecule has 0 aliphatic carbocycles. The highest BCUT2D eigenvalue weighted by Crippen LogP contribution is 2.33. The number of anilines is 2. The molecular weight excluding hydrogens is 526 g/mol. The van der Waals surface area contributed by atoms with Crippen molar-refractivity contribution in [2.24, 2.45) is 10.2 Å². The number of nitrogens with zero attached hydrogens (tertiary/aromatic N) is 2.